The molecule has 0 aromatic heterocycles. The number of ether oxygens (including phenoxy) is 1. The molecule has 0 radical (unpaired) electrons. The van der Waals surface area contributed by atoms with Crippen molar-refractivity contribution in [1.82, 2.24) is 0 Å². The lowest BCUT2D eigenvalue weighted by Gasteiger charge is -2.05. The number of unbranched alkanes of at least 4 members (excludes halogenated alkanes) is 14. The monoisotopic (exact) mass is 414 g/mol. The summed E-state index contributed by atoms with van der Waals surface area (Å²) < 4.78 is 5.24. The van der Waals surface area contributed by atoms with Gasteiger partial charge in [0.1, 0.15) is 0 Å². The average molecular weight is 415 g/mol. The van der Waals surface area contributed by atoms with E-state index in [0.29, 0.717) is 19.4 Å². The van der Waals surface area contributed by atoms with Crippen LogP contribution in [0.15, 0.2) is 0 Å². The number of carboxylic acid groups (broad SMARTS) is 1. The Morgan fingerprint density at radius 2 is 0.931 bits per heavy atom. The van der Waals surface area contributed by atoms with Crippen molar-refractivity contribution in [3.63, 3.8) is 0 Å². The van der Waals surface area contributed by atoms with E-state index in [-0.39, 0.29) is 5.97 Å². The van der Waals surface area contributed by atoms with Gasteiger partial charge in [-0.1, -0.05) is 111 Å². The maximum Gasteiger partial charge on any atom is 0.305 e. The Labute approximate surface area is 181 Å². The van der Waals surface area contributed by atoms with Crippen molar-refractivity contribution in [1.29, 1.82) is 0 Å². The highest BCUT2D eigenvalue weighted by Crippen LogP contribution is 2.08. The molecule has 29 heavy (non-hydrogen) atoms. The molecular weight excluding hydrogens is 364 g/mol. The van der Waals surface area contributed by atoms with E-state index in [0.717, 1.165) is 25.7 Å². The van der Waals surface area contributed by atoms with E-state index in [9.17, 15) is 9.59 Å². The predicted molar refractivity (Wildman–Crippen MR) is 123 cm³/mol. The van der Waals surface area contributed by atoms with Crippen LogP contribution in [0, 0.1) is 0 Å². The van der Waals surface area contributed by atoms with Gasteiger partial charge in [-0.05, 0) is 19.3 Å². The van der Waals surface area contributed by atoms with E-state index < -0.39 is 5.97 Å². The molecule has 0 amide bonds. The Kier molecular flexibility index (Phi) is 28.0. The fourth-order valence-corrected chi connectivity index (χ4v) is 3.07. The predicted octanol–water partition coefficient (Wildman–Crippen LogP) is 8.07. The molecule has 0 aromatic carbocycles. The highest BCUT2D eigenvalue weighted by Gasteiger charge is 2.02. The molecule has 0 saturated carbocycles. The normalized spacial score (nSPS) is 10.3. The van der Waals surface area contributed by atoms with Crippen molar-refractivity contribution in [3.8, 4) is 0 Å². The van der Waals surface area contributed by atoms with Crippen molar-refractivity contribution in [2.45, 2.75) is 143 Å². The molecule has 0 aliphatic carbocycles. The maximum absolute atomic E-state index is 11.4. The number of carbonyl (C=O) groups excluding carboxylic acids is 1. The molecule has 0 heterocycles. The molecule has 0 unspecified atom stereocenters. The Balaban J connectivity index is 0. The maximum atomic E-state index is 11.4. The van der Waals surface area contributed by atoms with E-state index in [1.165, 1.54) is 83.5 Å². The second-order valence-electron chi connectivity index (χ2n) is 8.06. The fourth-order valence-electron chi connectivity index (χ4n) is 3.07. The second-order valence-corrected chi connectivity index (χ2v) is 8.06. The highest BCUT2D eigenvalue weighted by atomic mass is 16.5. The summed E-state index contributed by atoms with van der Waals surface area (Å²) in [6, 6.07) is 0. The van der Waals surface area contributed by atoms with Crippen LogP contribution in [0.3, 0.4) is 0 Å². The topological polar surface area (TPSA) is 63.6 Å². The summed E-state index contributed by atoms with van der Waals surface area (Å²) in [6.07, 6.45) is 21.3. The van der Waals surface area contributed by atoms with Gasteiger partial charge in [-0.25, -0.2) is 0 Å². The van der Waals surface area contributed by atoms with E-state index in [1.54, 1.807) is 0 Å². The first kappa shape index (κ1) is 30.1. The van der Waals surface area contributed by atoms with Crippen LogP contribution in [0.25, 0.3) is 0 Å². The summed E-state index contributed by atoms with van der Waals surface area (Å²) in [5, 5.41) is 8.27. The highest BCUT2D eigenvalue weighted by molar-refractivity contribution is 5.69. The SMILES string of the molecule is CCCCCCCC(=O)O.CCCCCCCCOC(=O)CCCCCCCC. The zero-order valence-corrected chi connectivity index (χ0v) is 19.8. The minimum Gasteiger partial charge on any atom is -0.481 e. The summed E-state index contributed by atoms with van der Waals surface area (Å²) >= 11 is 0. The summed E-state index contributed by atoms with van der Waals surface area (Å²) in [6.45, 7) is 7.22. The van der Waals surface area contributed by atoms with Gasteiger partial charge in [-0.15, -0.1) is 0 Å². The van der Waals surface area contributed by atoms with Crippen molar-refractivity contribution in [2.75, 3.05) is 6.61 Å². The molecule has 0 aromatic rings. The van der Waals surface area contributed by atoms with Gasteiger partial charge >= 0.3 is 11.9 Å². The Morgan fingerprint density at radius 1 is 0.552 bits per heavy atom. The van der Waals surface area contributed by atoms with Crippen LogP contribution >= 0.6 is 0 Å². The molecule has 0 bridgehead atoms. The lowest BCUT2D eigenvalue weighted by atomic mass is 10.1. The molecular formula is C25H50O4. The van der Waals surface area contributed by atoms with Gasteiger partial charge in [-0.3, -0.25) is 9.59 Å². The van der Waals surface area contributed by atoms with Crippen LogP contribution in [0.5, 0.6) is 0 Å². The third kappa shape index (κ3) is 31.8. The fraction of sp³-hybridized carbons (Fsp3) is 0.920. The van der Waals surface area contributed by atoms with Crippen molar-refractivity contribution in [2.24, 2.45) is 0 Å². The molecule has 0 saturated heterocycles. The standard InChI is InChI=1S/C17H34O2.C8H16O2/c1-3-5-7-9-11-13-15-17(18)19-16-14-12-10-8-6-4-2;1-2-3-4-5-6-7-8(9)10/h3-16H2,1-2H3;2-7H2,1H3,(H,9,10). The van der Waals surface area contributed by atoms with E-state index >= 15 is 0 Å². The van der Waals surface area contributed by atoms with Crippen LogP contribution < -0.4 is 0 Å². The van der Waals surface area contributed by atoms with Gasteiger partial charge in [0.15, 0.2) is 0 Å². The Morgan fingerprint density at radius 3 is 1.38 bits per heavy atom. The number of carboxylic acids is 1. The van der Waals surface area contributed by atoms with E-state index in [2.05, 4.69) is 20.8 Å². The molecule has 0 atom stereocenters. The van der Waals surface area contributed by atoms with Gasteiger partial charge in [0, 0.05) is 12.8 Å². The van der Waals surface area contributed by atoms with E-state index in [1.807, 2.05) is 0 Å². The first-order chi connectivity index (χ1) is 14.1. The van der Waals surface area contributed by atoms with Crippen LogP contribution in [0.2, 0.25) is 0 Å². The molecule has 0 aliphatic rings. The van der Waals surface area contributed by atoms with Gasteiger partial charge in [0.25, 0.3) is 0 Å². The van der Waals surface area contributed by atoms with Crippen LogP contribution in [-0.4, -0.2) is 23.7 Å². The summed E-state index contributed by atoms with van der Waals surface area (Å²) in [5.74, 6) is -0.666. The van der Waals surface area contributed by atoms with E-state index in [4.69, 9.17) is 9.84 Å². The van der Waals surface area contributed by atoms with Gasteiger partial charge in [-0.2, -0.15) is 0 Å². The summed E-state index contributed by atoms with van der Waals surface area (Å²) in [7, 11) is 0. The minimum atomic E-state index is -0.670. The second kappa shape index (κ2) is 26.9. The molecule has 174 valence electrons. The Bertz CT molecular complexity index is 342. The van der Waals surface area contributed by atoms with Gasteiger partial charge in [0.05, 0.1) is 6.61 Å². The zero-order valence-electron chi connectivity index (χ0n) is 19.8. The number of hydrogen-bond acceptors (Lipinski definition) is 3. The third-order valence-electron chi connectivity index (χ3n) is 4.99. The lowest BCUT2D eigenvalue weighted by Crippen LogP contribution is -2.05. The van der Waals surface area contributed by atoms with Crippen LogP contribution in [0.4, 0.5) is 0 Å². The van der Waals surface area contributed by atoms with Crippen LogP contribution in [-0.2, 0) is 14.3 Å². The minimum absolute atomic E-state index is 0.00375. The molecule has 1 N–H and O–H groups in total. The molecule has 4 heteroatoms. The first-order valence-electron chi connectivity index (χ1n) is 12.5. The zero-order chi connectivity index (χ0) is 22.0. The van der Waals surface area contributed by atoms with Crippen LogP contribution in [0.1, 0.15) is 143 Å². The Hall–Kier alpha value is -1.06. The number of hydrogen-bond donors (Lipinski definition) is 1. The third-order valence-corrected chi connectivity index (χ3v) is 4.99. The average Bonchev–Trinajstić information content (AvgIpc) is 2.70. The number of carbonyl (C=O) groups is 2. The quantitative estimate of drug-likeness (QED) is 0.161. The summed E-state index contributed by atoms with van der Waals surface area (Å²) in [5.41, 5.74) is 0. The molecule has 0 fully saturated rings. The van der Waals surface area contributed by atoms with Crippen molar-refractivity contribution < 1.29 is 19.4 Å². The lowest BCUT2D eigenvalue weighted by molar-refractivity contribution is -0.144. The largest absolute Gasteiger partial charge is 0.481 e. The molecule has 0 aliphatic heterocycles. The molecule has 0 spiro atoms. The van der Waals surface area contributed by atoms with Crippen molar-refractivity contribution >= 4 is 11.9 Å². The van der Waals surface area contributed by atoms with Crippen molar-refractivity contribution in [3.05, 3.63) is 0 Å². The molecule has 0 rings (SSSR count). The number of aliphatic carboxylic acids is 1. The smallest absolute Gasteiger partial charge is 0.305 e. The van der Waals surface area contributed by atoms with Gasteiger partial charge in [0.2, 0.25) is 0 Å². The number of esters is 1. The first-order valence-corrected chi connectivity index (χ1v) is 12.5. The van der Waals surface area contributed by atoms with Gasteiger partial charge < -0.3 is 9.84 Å². The number of rotatable bonds is 20. The summed E-state index contributed by atoms with van der Waals surface area (Å²) in [4.78, 5) is 21.5. The molecule has 4 nitrogen and oxygen atoms in total.